The van der Waals surface area contributed by atoms with Crippen LogP contribution >= 0.6 is 0 Å². The molecule has 1 aromatic rings. The topological polar surface area (TPSA) is 52.7 Å². The van der Waals surface area contributed by atoms with Gasteiger partial charge in [-0.05, 0) is 25.6 Å². The van der Waals surface area contributed by atoms with Gasteiger partial charge in [-0.2, -0.15) is 0 Å². The molecule has 2 amide bonds. The minimum atomic E-state index is -0.559. The molecule has 1 aliphatic heterocycles. The zero-order chi connectivity index (χ0) is 18.4. The highest BCUT2D eigenvalue weighted by Crippen LogP contribution is 2.36. The Bertz CT molecular complexity index is 604. The fraction of sp³-hybridized carbons (Fsp3) is 0.579. The zero-order valence-electron chi connectivity index (χ0n) is 15.3. The minimum Gasteiger partial charge on any atom is -0.354 e. The summed E-state index contributed by atoms with van der Waals surface area (Å²) in [4.78, 5) is 28.6. The van der Waals surface area contributed by atoms with Gasteiger partial charge in [-0.3, -0.25) is 9.59 Å². The molecule has 5 nitrogen and oxygen atoms in total. The number of amides is 2. The number of rotatable bonds is 7. The monoisotopic (exact) mass is 349 g/mol. The van der Waals surface area contributed by atoms with Crippen molar-refractivity contribution in [2.45, 2.75) is 32.7 Å². The van der Waals surface area contributed by atoms with Crippen molar-refractivity contribution in [3.05, 3.63) is 35.6 Å². The molecule has 1 heterocycles. The maximum absolute atomic E-state index is 14.3. The molecule has 0 unspecified atom stereocenters. The highest BCUT2D eigenvalue weighted by atomic mass is 19.1. The second-order valence-electron chi connectivity index (χ2n) is 6.43. The minimum absolute atomic E-state index is 0.0551. The van der Waals surface area contributed by atoms with E-state index in [2.05, 4.69) is 24.1 Å². The van der Waals surface area contributed by atoms with Gasteiger partial charge in [-0.15, -0.1) is 0 Å². The summed E-state index contributed by atoms with van der Waals surface area (Å²) in [5.41, 5.74) is 0.405. The van der Waals surface area contributed by atoms with Gasteiger partial charge in [0.05, 0.1) is 12.0 Å². The predicted molar refractivity (Wildman–Crippen MR) is 95.4 cm³/mol. The fourth-order valence-corrected chi connectivity index (χ4v) is 3.46. The molecule has 1 fully saturated rings. The van der Waals surface area contributed by atoms with E-state index in [9.17, 15) is 14.0 Å². The van der Waals surface area contributed by atoms with Crippen molar-refractivity contribution in [1.29, 1.82) is 0 Å². The normalized spacial score (nSPS) is 20.8. The average molecular weight is 349 g/mol. The first-order valence-electron chi connectivity index (χ1n) is 8.99. The maximum Gasteiger partial charge on any atom is 0.225 e. The molecule has 0 saturated carbocycles. The number of nitrogens with zero attached hydrogens (tertiary/aromatic N) is 2. The predicted octanol–water partition coefficient (Wildman–Crippen LogP) is 2.19. The Balaban J connectivity index is 2.12. The molecule has 0 aliphatic carbocycles. The number of piperidine rings is 1. The van der Waals surface area contributed by atoms with E-state index >= 15 is 0 Å². The largest absolute Gasteiger partial charge is 0.354 e. The molecular weight excluding hydrogens is 321 g/mol. The first-order valence-corrected chi connectivity index (χ1v) is 8.99. The van der Waals surface area contributed by atoms with E-state index in [4.69, 9.17) is 0 Å². The van der Waals surface area contributed by atoms with Crippen molar-refractivity contribution in [1.82, 2.24) is 15.1 Å². The third kappa shape index (κ3) is 4.57. The van der Waals surface area contributed by atoms with E-state index < -0.39 is 12.0 Å². The molecule has 138 valence electrons. The summed E-state index contributed by atoms with van der Waals surface area (Å²) >= 11 is 0. The first-order chi connectivity index (χ1) is 12.0. The van der Waals surface area contributed by atoms with Crippen molar-refractivity contribution in [3.8, 4) is 0 Å². The Morgan fingerprint density at radius 2 is 2.00 bits per heavy atom. The van der Waals surface area contributed by atoms with Crippen LogP contribution in [0.15, 0.2) is 24.3 Å². The Morgan fingerprint density at radius 1 is 1.32 bits per heavy atom. The van der Waals surface area contributed by atoms with Crippen LogP contribution in [0.3, 0.4) is 0 Å². The molecule has 6 heteroatoms. The van der Waals surface area contributed by atoms with Gasteiger partial charge in [0.2, 0.25) is 11.8 Å². The zero-order valence-corrected chi connectivity index (χ0v) is 15.3. The number of hydrogen-bond donors (Lipinski definition) is 1. The lowest BCUT2D eigenvalue weighted by atomic mass is 9.83. The number of nitrogens with one attached hydrogen (secondary N) is 1. The molecule has 0 spiro atoms. The SMILES string of the molecule is CCN(CC)CCNC(=O)[C@H]1CCC(=O)N(C)[C@@H]1c1ccccc1F. The second kappa shape index (κ2) is 8.94. The highest BCUT2D eigenvalue weighted by Gasteiger charge is 2.39. The average Bonchev–Trinajstić information content (AvgIpc) is 2.61. The first kappa shape index (κ1) is 19.4. The van der Waals surface area contributed by atoms with Crippen LogP contribution in [0, 0.1) is 11.7 Å². The lowest BCUT2D eigenvalue weighted by molar-refractivity contribution is -0.141. The Kier molecular flexibility index (Phi) is 6.93. The van der Waals surface area contributed by atoms with Crippen molar-refractivity contribution >= 4 is 11.8 Å². The van der Waals surface area contributed by atoms with Gasteiger partial charge < -0.3 is 15.1 Å². The summed E-state index contributed by atoms with van der Waals surface area (Å²) in [6.07, 6.45) is 0.759. The fourth-order valence-electron chi connectivity index (χ4n) is 3.46. The lowest BCUT2D eigenvalue weighted by Crippen LogP contribution is -2.47. The van der Waals surface area contributed by atoms with Gasteiger partial charge in [0.25, 0.3) is 0 Å². The summed E-state index contributed by atoms with van der Waals surface area (Å²) in [6, 6.07) is 5.82. The smallest absolute Gasteiger partial charge is 0.225 e. The molecule has 1 aromatic carbocycles. The standard InChI is InChI=1S/C19H28FN3O2/c1-4-23(5-2)13-12-21-19(25)15-10-11-17(24)22(3)18(15)14-8-6-7-9-16(14)20/h6-9,15,18H,4-5,10-13H2,1-3H3,(H,21,25)/t15-,18+/m0/s1. The summed E-state index contributed by atoms with van der Waals surface area (Å²) in [7, 11) is 1.65. The summed E-state index contributed by atoms with van der Waals surface area (Å²) < 4.78 is 14.3. The van der Waals surface area contributed by atoms with Crippen LogP contribution in [0.4, 0.5) is 4.39 Å². The maximum atomic E-state index is 14.3. The van der Waals surface area contributed by atoms with Crippen LogP contribution in [-0.2, 0) is 9.59 Å². The quantitative estimate of drug-likeness (QED) is 0.821. The van der Waals surface area contributed by atoms with Crippen molar-refractivity contribution in [2.75, 3.05) is 33.2 Å². The van der Waals surface area contributed by atoms with E-state index in [-0.39, 0.29) is 17.6 Å². The van der Waals surface area contributed by atoms with Gasteiger partial charge in [-0.25, -0.2) is 4.39 Å². The second-order valence-corrected chi connectivity index (χ2v) is 6.43. The molecule has 2 atom stereocenters. The Labute approximate surface area is 149 Å². The van der Waals surface area contributed by atoms with E-state index in [0.717, 1.165) is 19.6 Å². The van der Waals surface area contributed by atoms with E-state index in [1.165, 1.54) is 11.0 Å². The number of likely N-dealkylation sites (N-methyl/N-ethyl adjacent to an activating group) is 1. The van der Waals surface area contributed by atoms with Gasteiger partial charge in [-0.1, -0.05) is 32.0 Å². The van der Waals surface area contributed by atoms with Crippen LogP contribution in [0.1, 0.15) is 38.3 Å². The van der Waals surface area contributed by atoms with E-state index in [1.807, 2.05) is 0 Å². The van der Waals surface area contributed by atoms with Crippen molar-refractivity contribution in [3.63, 3.8) is 0 Å². The number of likely N-dealkylation sites (tertiary alicyclic amines) is 1. The van der Waals surface area contributed by atoms with Crippen molar-refractivity contribution < 1.29 is 14.0 Å². The van der Waals surface area contributed by atoms with Crippen LogP contribution in [-0.4, -0.2) is 54.8 Å². The highest BCUT2D eigenvalue weighted by molar-refractivity contribution is 5.84. The van der Waals surface area contributed by atoms with E-state index in [1.54, 1.807) is 25.2 Å². The number of benzene rings is 1. The van der Waals surface area contributed by atoms with Gasteiger partial charge >= 0.3 is 0 Å². The third-order valence-electron chi connectivity index (χ3n) is 5.04. The van der Waals surface area contributed by atoms with Gasteiger partial charge in [0.1, 0.15) is 5.82 Å². The van der Waals surface area contributed by atoms with Gasteiger partial charge in [0.15, 0.2) is 0 Å². The number of halogens is 1. The molecule has 1 saturated heterocycles. The number of hydrogen-bond acceptors (Lipinski definition) is 3. The molecule has 1 aliphatic rings. The summed E-state index contributed by atoms with van der Waals surface area (Å²) in [5, 5.41) is 2.97. The Morgan fingerprint density at radius 3 is 2.64 bits per heavy atom. The van der Waals surface area contributed by atoms with Crippen LogP contribution in [0.25, 0.3) is 0 Å². The van der Waals surface area contributed by atoms with Crippen LogP contribution < -0.4 is 5.32 Å². The molecule has 0 radical (unpaired) electrons. The van der Waals surface area contributed by atoms with Crippen molar-refractivity contribution in [2.24, 2.45) is 5.92 Å². The molecule has 25 heavy (non-hydrogen) atoms. The molecule has 0 bridgehead atoms. The van der Waals surface area contributed by atoms with Crippen LogP contribution in [0.2, 0.25) is 0 Å². The molecule has 0 aromatic heterocycles. The summed E-state index contributed by atoms with van der Waals surface area (Å²) in [5.74, 6) is -0.980. The number of carbonyl (C=O) groups is 2. The molecular formula is C19H28FN3O2. The Hall–Kier alpha value is -1.95. The van der Waals surface area contributed by atoms with E-state index in [0.29, 0.717) is 24.9 Å². The molecule has 1 N–H and O–H groups in total. The van der Waals surface area contributed by atoms with Gasteiger partial charge in [0, 0.05) is 32.1 Å². The summed E-state index contributed by atoms with van der Waals surface area (Å²) in [6.45, 7) is 7.38. The molecule has 2 rings (SSSR count). The number of carbonyl (C=O) groups excluding carboxylic acids is 2. The third-order valence-corrected chi connectivity index (χ3v) is 5.04. The van der Waals surface area contributed by atoms with Crippen LogP contribution in [0.5, 0.6) is 0 Å². The lowest BCUT2D eigenvalue weighted by Gasteiger charge is -2.38.